The van der Waals surface area contributed by atoms with E-state index in [-0.39, 0.29) is 11.5 Å². The van der Waals surface area contributed by atoms with Crippen LogP contribution in [0.1, 0.15) is 26.4 Å². The molecule has 1 aromatic heterocycles. The van der Waals surface area contributed by atoms with E-state index in [4.69, 9.17) is 5.11 Å². The van der Waals surface area contributed by atoms with E-state index in [9.17, 15) is 9.59 Å². The Morgan fingerprint density at radius 2 is 1.85 bits per heavy atom. The van der Waals surface area contributed by atoms with Crippen LogP contribution in [0.25, 0.3) is 0 Å². The first-order valence-electron chi connectivity index (χ1n) is 6.16. The standard InChI is InChI=1S/C14H15N3O3/c1-17-9-7-12(16-17)6-8-15-13(18)10-2-4-11(5-3-10)14(19)20/h2-5,7,9H,6,8H2,1H3,(H,15,18)(H,19,20). The van der Waals surface area contributed by atoms with Gasteiger partial charge in [0.25, 0.3) is 5.91 Å². The summed E-state index contributed by atoms with van der Waals surface area (Å²) in [4.78, 5) is 22.5. The van der Waals surface area contributed by atoms with Crippen LogP contribution in [-0.2, 0) is 13.5 Å². The van der Waals surface area contributed by atoms with Crippen LogP contribution in [0, 0.1) is 0 Å². The molecule has 0 aliphatic heterocycles. The summed E-state index contributed by atoms with van der Waals surface area (Å²) >= 11 is 0. The van der Waals surface area contributed by atoms with E-state index in [0.29, 0.717) is 18.5 Å². The molecular formula is C14H15N3O3. The molecule has 0 aliphatic carbocycles. The number of hydrogen-bond acceptors (Lipinski definition) is 3. The number of carbonyl (C=O) groups is 2. The van der Waals surface area contributed by atoms with Crippen LogP contribution < -0.4 is 5.32 Å². The first kappa shape index (κ1) is 13.8. The number of aromatic carboxylic acids is 1. The van der Waals surface area contributed by atoms with Crippen molar-refractivity contribution in [2.24, 2.45) is 7.05 Å². The molecule has 0 radical (unpaired) electrons. The minimum Gasteiger partial charge on any atom is -0.478 e. The molecule has 0 unspecified atom stereocenters. The van der Waals surface area contributed by atoms with Crippen molar-refractivity contribution in [1.82, 2.24) is 15.1 Å². The van der Waals surface area contributed by atoms with Crippen molar-refractivity contribution in [2.75, 3.05) is 6.54 Å². The molecule has 6 nitrogen and oxygen atoms in total. The highest BCUT2D eigenvalue weighted by Crippen LogP contribution is 2.04. The van der Waals surface area contributed by atoms with E-state index in [1.54, 1.807) is 4.68 Å². The second-order valence-electron chi connectivity index (χ2n) is 4.37. The lowest BCUT2D eigenvalue weighted by Crippen LogP contribution is -2.25. The molecule has 0 spiro atoms. The van der Waals surface area contributed by atoms with Gasteiger partial charge in [0.2, 0.25) is 0 Å². The number of rotatable bonds is 5. The SMILES string of the molecule is Cn1ccc(CCNC(=O)c2ccc(C(=O)O)cc2)n1. The molecule has 104 valence electrons. The van der Waals surface area contributed by atoms with Gasteiger partial charge in [0.1, 0.15) is 0 Å². The lowest BCUT2D eigenvalue weighted by Gasteiger charge is -2.04. The van der Waals surface area contributed by atoms with Crippen LogP contribution in [0.3, 0.4) is 0 Å². The van der Waals surface area contributed by atoms with Crippen LogP contribution >= 0.6 is 0 Å². The maximum absolute atomic E-state index is 11.8. The molecule has 0 bridgehead atoms. The molecule has 0 fully saturated rings. The molecule has 6 heteroatoms. The first-order chi connectivity index (χ1) is 9.56. The predicted octanol–water partition coefficient (Wildman–Crippen LogP) is 1.09. The van der Waals surface area contributed by atoms with E-state index in [0.717, 1.165) is 5.69 Å². The van der Waals surface area contributed by atoms with E-state index in [1.807, 2.05) is 19.3 Å². The average Bonchev–Trinajstić information content (AvgIpc) is 2.84. The molecule has 20 heavy (non-hydrogen) atoms. The maximum atomic E-state index is 11.8. The van der Waals surface area contributed by atoms with Crippen molar-refractivity contribution >= 4 is 11.9 Å². The van der Waals surface area contributed by atoms with Gasteiger partial charge in [0.15, 0.2) is 0 Å². The van der Waals surface area contributed by atoms with E-state index in [2.05, 4.69) is 10.4 Å². The second-order valence-corrected chi connectivity index (χ2v) is 4.37. The molecule has 0 aliphatic rings. The molecule has 2 rings (SSSR count). The Hall–Kier alpha value is -2.63. The van der Waals surface area contributed by atoms with Gasteiger partial charge in [-0.3, -0.25) is 9.48 Å². The largest absolute Gasteiger partial charge is 0.478 e. The number of nitrogens with one attached hydrogen (secondary N) is 1. The first-order valence-corrected chi connectivity index (χ1v) is 6.16. The zero-order valence-electron chi connectivity index (χ0n) is 11.0. The molecule has 2 aromatic rings. The zero-order valence-corrected chi connectivity index (χ0v) is 11.0. The summed E-state index contributed by atoms with van der Waals surface area (Å²) in [5.41, 5.74) is 1.51. The van der Waals surface area contributed by atoms with E-state index >= 15 is 0 Å². The van der Waals surface area contributed by atoms with Gasteiger partial charge in [0.05, 0.1) is 11.3 Å². The number of carboxylic acids is 1. The van der Waals surface area contributed by atoms with E-state index < -0.39 is 5.97 Å². The number of aryl methyl sites for hydroxylation is 1. The fourth-order valence-electron chi connectivity index (χ4n) is 1.77. The molecule has 0 saturated carbocycles. The highest BCUT2D eigenvalue weighted by molar-refractivity contribution is 5.95. The zero-order chi connectivity index (χ0) is 14.5. The Balaban J connectivity index is 1.86. The van der Waals surface area contributed by atoms with Gasteiger partial charge in [0, 0.05) is 31.8 Å². The van der Waals surface area contributed by atoms with Crippen LogP contribution in [0.4, 0.5) is 0 Å². The summed E-state index contributed by atoms with van der Waals surface area (Å²) in [6, 6.07) is 7.72. The summed E-state index contributed by atoms with van der Waals surface area (Å²) in [6.07, 6.45) is 2.50. The number of hydrogen-bond donors (Lipinski definition) is 2. The summed E-state index contributed by atoms with van der Waals surface area (Å²) in [7, 11) is 1.84. The molecule has 1 aromatic carbocycles. The lowest BCUT2D eigenvalue weighted by molar-refractivity contribution is 0.0696. The van der Waals surface area contributed by atoms with Crippen molar-refractivity contribution in [3.8, 4) is 0 Å². The van der Waals surface area contributed by atoms with Crippen molar-refractivity contribution in [3.05, 3.63) is 53.3 Å². The van der Waals surface area contributed by atoms with Gasteiger partial charge in [-0.1, -0.05) is 0 Å². The molecule has 1 amide bonds. The minimum absolute atomic E-state index is 0.162. The van der Waals surface area contributed by atoms with Gasteiger partial charge in [-0.05, 0) is 30.3 Å². The number of carbonyl (C=O) groups excluding carboxylic acids is 1. The van der Waals surface area contributed by atoms with Gasteiger partial charge in [-0.15, -0.1) is 0 Å². The summed E-state index contributed by atoms with van der Waals surface area (Å²) in [5, 5.41) is 15.8. The third kappa shape index (κ3) is 3.44. The Kier molecular flexibility index (Phi) is 4.14. The third-order valence-corrected chi connectivity index (χ3v) is 2.83. The Labute approximate surface area is 116 Å². The topological polar surface area (TPSA) is 84.2 Å². The Bertz CT molecular complexity index is 617. The average molecular weight is 273 g/mol. The van der Waals surface area contributed by atoms with Crippen LogP contribution in [0.2, 0.25) is 0 Å². The molecule has 2 N–H and O–H groups in total. The number of amides is 1. The van der Waals surface area contributed by atoms with Gasteiger partial charge < -0.3 is 10.4 Å². The molecule has 0 saturated heterocycles. The number of aromatic nitrogens is 2. The summed E-state index contributed by atoms with van der Waals surface area (Å²) in [5.74, 6) is -1.23. The predicted molar refractivity (Wildman–Crippen MR) is 72.6 cm³/mol. The molecule has 0 atom stereocenters. The van der Waals surface area contributed by atoms with Crippen molar-refractivity contribution in [3.63, 3.8) is 0 Å². The van der Waals surface area contributed by atoms with Crippen molar-refractivity contribution in [2.45, 2.75) is 6.42 Å². The molecular weight excluding hydrogens is 258 g/mol. The van der Waals surface area contributed by atoms with E-state index in [1.165, 1.54) is 24.3 Å². The number of carboxylic acid groups (broad SMARTS) is 1. The number of benzene rings is 1. The fourth-order valence-corrected chi connectivity index (χ4v) is 1.77. The highest BCUT2D eigenvalue weighted by Gasteiger charge is 2.07. The smallest absolute Gasteiger partial charge is 0.335 e. The van der Waals surface area contributed by atoms with Crippen molar-refractivity contribution in [1.29, 1.82) is 0 Å². The van der Waals surface area contributed by atoms with Crippen LogP contribution in [-0.4, -0.2) is 33.3 Å². The Morgan fingerprint density at radius 3 is 2.40 bits per heavy atom. The van der Waals surface area contributed by atoms with Crippen LogP contribution in [0.5, 0.6) is 0 Å². The van der Waals surface area contributed by atoms with Gasteiger partial charge in [-0.2, -0.15) is 5.10 Å². The maximum Gasteiger partial charge on any atom is 0.335 e. The monoisotopic (exact) mass is 273 g/mol. The number of nitrogens with zero attached hydrogens (tertiary/aromatic N) is 2. The normalized spacial score (nSPS) is 10.2. The van der Waals surface area contributed by atoms with Gasteiger partial charge >= 0.3 is 5.97 Å². The third-order valence-electron chi connectivity index (χ3n) is 2.83. The Morgan fingerprint density at radius 1 is 1.20 bits per heavy atom. The summed E-state index contributed by atoms with van der Waals surface area (Å²) in [6.45, 7) is 0.483. The quantitative estimate of drug-likeness (QED) is 0.854. The highest BCUT2D eigenvalue weighted by atomic mass is 16.4. The minimum atomic E-state index is -1.01. The van der Waals surface area contributed by atoms with Crippen LogP contribution in [0.15, 0.2) is 36.5 Å². The van der Waals surface area contributed by atoms with Crippen molar-refractivity contribution < 1.29 is 14.7 Å². The molecule has 1 heterocycles. The fraction of sp³-hybridized carbons (Fsp3) is 0.214. The summed E-state index contributed by atoms with van der Waals surface area (Å²) < 4.78 is 1.71. The van der Waals surface area contributed by atoms with Gasteiger partial charge in [-0.25, -0.2) is 4.79 Å². The lowest BCUT2D eigenvalue weighted by atomic mass is 10.1. The second kappa shape index (κ2) is 6.01.